The molecule has 1 unspecified atom stereocenters. The summed E-state index contributed by atoms with van der Waals surface area (Å²) in [6.07, 6.45) is 0.851. The highest BCUT2D eigenvalue weighted by Crippen LogP contribution is 2.27. The molecule has 1 atom stereocenters. The lowest BCUT2D eigenvalue weighted by Gasteiger charge is -2.42. The molecule has 1 aromatic rings. The highest BCUT2D eigenvalue weighted by atomic mass is 16.5. The third kappa shape index (κ3) is 3.47. The third-order valence-corrected chi connectivity index (χ3v) is 3.77. The Hall–Kier alpha value is -1.55. The van der Waals surface area contributed by atoms with Gasteiger partial charge in [0.25, 0.3) is 5.91 Å². The zero-order valence-corrected chi connectivity index (χ0v) is 11.6. The van der Waals surface area contributed by atoms with Crippen LogP contribution in [-0.4, -0.2) is 36.5 Å². The summed E-state index contributed by atoms with van der Waals surface area (Å²) in [5.74, 6) is 0.757. The van der Waals surface area contributed by atoms with Crippen LogP contribution in [0, 0.1) is 5.41 Å². The lowest BCUT2D eigenvalue weighted by molar-refractivity contribution is -0.136. The standard InChI is InChI=1S/C15H22N2O2/c1-15(2)11-17(9-8-13(15)16)14(18)10-19-12-6-4-3-5-7-12/h3-7,13H,8-11,16H2,1-2H3. The second kappa shape index (κ2) is 5.61. The number of piperidine rings is 1. The van der Waals surface area contributed by atoms with Gasteiger partial charge in [0.2, 0.25) is 0 Å². The Balaban J connectivity index is 1.87. The van der Waals surface area contributed by atoms with Gasteiger partial charge < -0.3 is 15.4 Å². The van der Waals surface area contributed by atoms with Gasteiger partial charge in [-0.2, -0.15) is 0 Å². The maximum atomic E-state index is 12.1. The van der Waals surface area contributed by atoms with Crippen LogP contribution in [0.1, 0.15) is 20.3 Å². The number of likely N-dealkylation sites (tertiary alicyclic amines) is 1. The highest BCUT2D eigenvalue weighted by molar-refractivity contribution is 5.78. The van der Waals surface area contributed by atoms with Crippen LogP contribution in [0.2, 0.25) is 0 Å². The van der Waals surface area contributed by atoms with E-state index in [0.29, 0.717) is 6.54 Å². The summed E-state index contributed by atoms with van der Waals surface area (Å²) in [6.45, 7) is 5.73. The molecule has 1 heterocycles. The Bertz CT molecular complexity index is 431. The number of nitrogens with two attached hydrogens (primary N) is 1. The number of hydrogen-bond acceptors (Lipinski definition) is 3. The van der Waals surface area contributed by atoms with E-state index in [1.807, 2.05) is 35.2 Å². The predicted octanol–water partition coefficient (Wildman–Crippen LogP) is 1.65. The summed E-state index contributed by atoms with van der Waals surface area (Å²) in [6, 6.07) is 9.56. The van der Waals surface area contributed by atoms with Crippen molar-refractivity contribution in [3.63, 3.8) is 0 Å². The summed E-state index contributed by atoms with van der Waals surface area (Å²) >= 11 is 0. The third-order valence-electron chi connectivity index (χ3n) is 3.77. The number of amides is 1. The van der Waals surface area contributed by atoms with E-state index in [9.17, 15) is 4.79 Å². The molecule has 0 spiro atoms. The maximum absolute atomic E-state index is 12.1. The average Bonchev–Trinajstić information content (AvgIpc) is 2.40. The van der Waals surface area contributed by atoms with E-state index in [4.69, 9.17) is 10.5 Å². The molecule has 0 saturated carbocycles. The smallest absolute Gasteiger partial charge is 0.260 e. The second-order valence-corrected chi connectivity index (χ2v) is 5.80. The molecule has 4 heteroatoms. The largest absolute Gasteiger partial charge is 0.484 e. The van der Waals surface area contributed by atoms with Gasteiger partial charge in [0.05, 0.1) is 0 Å². The first-order chi connectivity index (χ1) is 8.99. The van der Waals surface area contributed by atoms with Crippen molar-refractivity contribution in [1.29, 1.82) is 0 Å². The minimum atomic E-state index is -0.0271. The van der Waals surface area contributed by atoms with Crippen LogP contribution >= 0.6 is 0 Å². The molecule has 0 radical (unpaired) electrons. The lowest BCUT2D eigenvalue weighted by atomic mass is 9.80. The van der Waals surface area contributed by atoms with Crippen LogP contribution < -0.4 is 10.5 Å². The fraction of sp³-hybridized carbons (Fsp3) is 0.533. The van der Waals surface area contributed by atoms with E-state index in [0.717, 1.165) is 18.7 Å². The molecule has 19 heavy (non-hydrogen) atoms. The second-order valence-electron chi connectivity index (χ2n) is 5.80. The monoisotopic (exact) mass is 262 g/mol. The van der Waals surface area contributed by atoms with Gasteiger partial charge in [-0.25, -0.2) is 0 Å². The quantitative estimate of drug-likeness (QED) is 0.901. The van der Waals surface area contributed by atoms with Gasteiger partial charge in [-0.1, -0.05) is 32.0 Å². The van der Waals surface area contributed by atoms with Gasteiger partial charge in [-0.15, -0.1) is 0 Å². The van der Waals surface area contributed by atoms with E-state index >= 15 is 0 Å². The van der Waals surface area contributed by atoms with Crippen molar-refractivity contribution >= 4 is 5.91 Å². The predicted molar refractivity (Wildman–Crippen MR) is 74.9 cm³/mol. The van der Waals surface area contributed by atoms with E-state index in [-0.39, 0.29) is 24.0 Å². The van der Waals surface area contributed by atoms with Crippen molar-refractivity contribution in [2.24, 2.45) is 11.1 Å². The maximum Gasteiger partial charge on any atom is 0.260 e. The number of carbonyl (C=O) groups is 1. The molecular weight excluding hydrogens is 240 g/mol. The Labute approximate surface area is 114 Å². The fourth-order valence-corrected chi connectivity index (χ4v) is 2.34. The Morgan fingerprint density at radius 2 is 2.11 bits per heavy atom. The van der Waals surface area contributed by atoms with Crippen molar-refractivity contribution in [1.82, 2.24) is 4.90 Å². The first kappa shape index (κ1) is 13.9. The first-order valence-electron chi connectivity index (χ1n) is 6.70. The van der Waals surface area contributed by atoms with Crippen LogP contribution in [0.5, 0.6) is 5.75 Å². The average molecular weight is 262 g/mol. The van der Waals surface area contributed by atoms with Crippen molar-refractivity contribution in [2.45, 2.75) is 26.3 Å². The molecule has 2 N–H and O–H groups in total. The van der Waals surface area contributed by atoms with E-state index in [1.165, 1.54) is 0 Å². The molecule has 1 saturated heterocycles. The number of para-hydroxylation sites is 1. The zero-order valence-electron chi connectivity index (χ0n) is 11.6. The summed E-state index contributed by atoms with van der Waals surface area (Å²) < 4.78 is 5.49. The summed E-state index contributed by atoms with van der Waals surface area (Å²) in [5, 5.41) is 0. The van der Waals surface area contributed by atoms with Crippen molar-refractivity contribution in [2.75, 3.05) is 19.7 Å². The highest BCUT2D eigenvalue weighted by Gasteiger charge is 2.35. The van der Waals surface area contributed by atoms with Crippen LogP contribution in [0.3, 0.4) is 0 Å². The Morgan fingerprint density at radius 3 is 2.74 bits per heavy atom. The van der Waals surface area contributed by atoms with Crippen molar-refractivity contribution in [3.8, 4) is 5.75 Å². The van der Waals surface area contributed by atoms with Crippen LogP contribution in [0.4, 0.5) is 0 Å². The number of carbonyl (C=O) groups excluding carboxylic acids is 1. The van der Waals surface area contributed by atoms with Crippen LogP contribution in [0.15, 0.2) is 30.3 Å². The molecule has 1 aliphatic heterocycles. The van der Waals surface area contributed by atoms with E-state index < -0.39 is 0 Å². The van der Waals surface area contributed by atoms with Crippen LogP contribution in [-0.2, 0) is 4.79 Å². The number of hydrogen-bond donors (Lipinski definition) is 1. The number of rotatable bonds is 3. The lowest BCUT2D eigenvalue weighted by Crippen LogP contribution is -2.54. The normalized spacial score (nSPS) is 22.1. The molecule has 1 fully saturated rings. The van der Waals surface area contributed by atoms with Crippen molar-refractivity contribution in [3.05, 3.63) is 30.3 Å². The molecule has 2 rings (SSSR count). The van der Waals surface area contributed by atoms with E-state index in [2.05, 4.69) is 13.8 Å². The Morgan fingerprint density at radius 1 is 1.42 bits per heavy atom. The number of ether oxygens (including phenoxy) is 1. The fourth-order valence-electron chi connectivity index (χ4n) is 2.34. The molecule has 0 aliphatic carbocycles. The summed E-state index contributed by atoms with van der Waals surface area (Å²) in [4.78, 5) is 14.0. The minimum Gasteiger partial charge on any atom is -0.484 e. The topological polar surface area (TPSA) is 55.6 Å². The SMILES string of the molecule is CC1(C)CN(C(=O)COc2ccccc2)CCC1N. The van der Waals surface area contributed by atoms with Crippen molar-refractivity contribution < 1.29 is 9.53 Å². The van der Waals surface area contributed by atoms with Gasteiger partial charge in [-0.05, 0) is 24.0 Å². The molecular formula is C15H22N2O2. The zero-order chi connectivity index (χ0) is 13.9. The van der Waals surface area contributed by atoms with Gasteiger partial charge in [0.15, 0.2) is 6.61 Å². The minimum absolute atomic E-state index is 0.0271. The van der Waals surface area contributed by atoms with Gasteiger partial charge in [0, 0.05) is 19.1 Å². The molecule has 1 aliphatic rings. The molecule has 1 amide bonds. The summed E-state index contributed by atoms with van der Waals surface area (Å²) in [5.41, 5.74) is 6.04. The van der Waals surface area contributed by atoms with Crippen LogP contribution in [0.25, 0.3) is 0 Å². The van der Waals surface area contributed by atoms with Gasteiger partial charge >= 0.3 is 0 Å². The number of nitrogens with zero attached hydrogens (tertiary/aromatic N) is 1. The summed E-state index contributed by atoms with van der Waals surface area (Å²) in [7, 11) is 0. The molecule has 4 nitrogen and oxygen atoms in total. The first-order valence-corrected chi connectivity index (χ1v) is 6.70. The number of benzene rings is 1. The molecule has 0 aromatic heterocycles. The molecule has 1 aromatic carbocycles. The van der Waals surface area contributed by atoms with Gasteiger partial charge in [-0.3, -0.25) is 4.79 Å². The Kier molecular flexibility index (Phi) is 4.10. The van der Waals surface area contributed by atoms with E-state index in [1.54, 1.807) is 0 Å². The molecule has 104 valence electrons. The molecule has 0 bridgehead atoms. The van der Waals surface area contributed by atoms with Gasteiger partial charge in [0.1, 0.15) is 5.75 Å².